The topological polar surface area (TPSA) is 29.3 Å². The highest BCUT2D eigenvalue weighted by molar-refractivity contribution is 4.89. The van der Waals surface area contributed by atoms with Crippen LogP contribution < -0.4 is 5.73 Å². The van der Waals surface area contributed by atoms with Gasteiger partial charge in [0.1, 0.15) is 5.67 Å². The highest BCUT2D eigenvalue weighted by Gasteiger charge is 2.34. The van der Waals surface area contributed by atoms with E-state index >= 15 is 0 Å². The van der Waals surface area contributed by atoms with Crippen LogP contribution in [0.25, 0.3) is 0 Å². The summed E-state index contributed by atoms with van der Waals surface area (Å²) in [7, 11) is 1.91. The Bertz CT molecular complexity index is 108. The van der Waals surface area contributed by atoms with Gasteiger partial charge in [0.15, 0.2) is 0 Å². The van der Waals surface area contributed by atoms with Crippen molar-refractivity contribution in [1.82, 2.24) is 4.90 Å². The molecule has 1 heterocycles. The van der Waals surface area contributed by atoms with E-state index in [1.165, 1.54) is 0 Å². The van der Waals surface area contributed by atoms with E-state index < -0.39 is 5.67 Å². The summed E-state index contributed by atoms with van der Waals surface area (Å²) in [6, 6.07) is 0. The molecule has 0 amide bonds. The Hall–Kier alpha value is -0.150. The summed E-state index contributed by atoms with van der Waals surface area (Å²) in [5.41, 5.74) is 4.14. The molecule has 1 aliphatic heterocycles. The van der Waals surface area contributed by atoms with E-state index in [2.05, 4.69) is 0 Å². The number of rotatable bonds is 1. The minimum absolute atomic E-state index is 0.164. The normalized spacial score (nSPS) is 31.4. The largest absolute Gasteiger partial charge is 0.327 e. The molecule has 1 atom stereocenters. The Labute approximate surface area is 68.6 Å². The second-order valence-corrected chi connectivity index (χ2v) is 2.84. The molecule has 0 radical (unpaired) electrons. The van der Waals surface area contributed by atoms with Gasteiger partial charge in [-0.15, -0.1) is 0 Å². The molecule has 3 heteroatoms. The molecule has 1 aliphatic rings. The molecule has 1 unspecified atom stereocenters. The summed E-state index contributed by atoms with van der Waals surface area (Å²) in [5.74, 6) is 0. The number of nitrogens with zero attached hydrogens (tertiary/aromatic N) is 1. The van der Waals surface area contributed by atoms with Crippen LogP contribution in [0.1, 0.15) is 20.3 Å². The smallest absolute Gasteiger partial charge is 0.136 e. The molecule has 0 aliphatic carbocycles. The third-order valence-electron chi connectivity index (χ3n) is 1.86. The number of nitrogens with two attached hydrogens (primary N) is 1. The molecule has 11 heavy (non-hydrogen) atoms. The first kappa shape index (κ1) is 10.8. The van der Waals surface area contributed by atoms with Crippen molar-refractivity contribution in [3.8, 4) is 0 Å². The maximum atomic E-state index is 13.1. The van der Waals surface area contributed by atoms with Gasteiger partial charge in [0, 0.05) is 19.6 Å². The van der Waals surface area contributed by atoms with Gasteiger partial charge in [-0.2, -0.15) is 0 Å². The van der Waals surface area contributed by atoms with Crippen molar-refractivity contribution in [2.75, 3.05) is 26.7 Å². The molecular weight excluding hydrogens is 143 g/mol. The minimum atomic E-state index is -1.09. The third-order valence-corrected chi connectivity index (χ3v) is 1.86. The maximum absolute atomic E-state index is 13.1. The summed E-state index contributed by atoms with van der Waals surface area (Å²) in [6.07, 6.45) is 0.597. The summed E-state index contributed by atoms with van der Waals surface area (Å²) in [5, 5.41) is 0. The SMILES string of the molecule is CC.CN1CCC(F)(CN)C1. The van der Waals surface area contributed by atoms with Crippen molar-refractivity contribution in [3.63, 3.8) is 0 Å². The molecule has 0 spiro atoms. The lowest BCUT2D eigenvalue weighted by Crippen LogP contribution is -2.35. The Morgan fingerprint density at radius 2 is 2.09 bits per heavy atom. The average molecular weight is 162 g/mol. The quantitative estimate of drug-likeness (QED) is 0.623. The number of hydrogen-bond donors (Lipinski definition) is 1. The van der Waals surface area contributed by atoms with Gasteiger partial charge in [-0.3, -0.25) is 0 Å². The molecular formula is C8H19FN2. The van der Waals surface area contributed by atoms with Gasteiger partial charge in [-0.1, -0.05) is 13.8 Å². The maximum Gasteiger partial charge on any atom is 0.136 e. The predicted molar refractivity (Wildman–Crippen MR) is 46.4 cm³/mol. The molecule has 2 N–H and O–H groups in total. The summed E-state index contributed by atoms with van der Waals surface area (Å²) in [4.78, 5) is 1.97. The fourth-order valence-corrected chi connectivity index (χ4v) is 1.20. The van der Waals surface area contributed by atoms with E-state index in [1.54, 1.807) is 0 Å². The first-order valence-corrected chi connectivity index (χ1v) is 4.24. The lowest BCUT2D eigenvalue weighted by molar-refractivity contribution is 0.183. The van der Waals surface area contributed by atoms with Gasteiger partial charge in [0.25, 0.3) is 0 Å². The summed E-state index contributed by atoms with van der Waals surface area (Å²) < 4.78 is 13.1. The lowest BCUT2D eigenvalue weighted by Gasteiger charge is -2.15. The fraction of sp³-hybridized carbons (Fsp3) is 1.00. The van der Waals surface area contributed by atoms with E-state index in [0.717, 1.165) is 6.54 Å². The second-order valence-electron chi connectivity index (χ2n) is 2.84. The first-order valence-electron chi connectivity index (χ1n) is 4.24. The van der Waals surface area contributed by atoms with Crippen LogP contribution in [0.2, 0.25) is 0 Å². The summed E-state index contributed by atoms with van der Waals surface area (Å²) in [6.45, 7) is 5.51. The van der Waals surface area contributed by atoms with Crippen LogP contribution in [0.4, 0.5) is 4.39 Å². The van der Waals surface area contributed by atoms with Gasteiger partial charge in [-0.05, 0) is 13.5 Å². The van der Waals surface area contributed by atoms with Gasteiger partial charge in [0.05, 0.1) is 0 Å². The predicted octanol–water partition coefficient (Wildman–Crippen LogP) is 1.02. The number of halogens is 1. The van der Waals surface area contributed by atoms with Crippen LogP contribution in [0.5, 0.6) is 0 Å². The average Bonchev–Trinajstić information content (AvgIpc) is 2.37. The van der Waals surface area contributed by atoms with Gasteiger partial charge >= 0.3 is 0 Å². The molecule has 2 nitrogen and oxygen atoms in total. The zero-order chi connectivity index (χ0) is 8.91. The van der Waals surface area contributed by atoms with Crippen molar-refractivity contribution in [2.24, 2.45) is 5.73 Å². The highest BCUT2D eigenvalue weighted by Crippen LogP contribution is 2.22. The molecule has 0 aromatic heterocycles. The molecule has 0 aromatic rings. The molecule has 1 rings (SSSR count). The van der Waals surface area contributed by atoms with Gasteiger partial charge < -0.3 is 10.6 Å². The van der Waals surface area contributed by atoms with E-state index in [-0.39, 0.29) is 6.54 Å². The van der Waals surface area contributed by atoms with Crippen LogP contribution in [0, 0.1) is 0 Å². The monoisotopic (exact) mass is 162 g/mol. The van der Waals surface area contributed by atoms with Crippen molar-refractivity contribution in [1.29, 1.82) is 0 Å². The van der Waals surface area contributed by atoms with Crippen molar-refractivity contribution >= 4 is 0 Å². The Morgan fingerprint density at radius 3 is 2.27 bits per heavy atom. The van der Waals surface area contributed by atoms with Crippen LogP contribution in [0.3, 0.4) is 0 Å². The summed E-state index contributed by atoms with van der Waals surface area (Å²) >= 11 is 0. The van der Waals surface area contributed by atoms with Crippen LogP contribution >= 0.6 is 0 Å². The molecule has 0 saturated carbocycles. The zero-order valence-corrected chi connectivity index (χ0v) is 7.73. The van der Waals surface area contributed by atoms with E-state index in [9.17, 15) is 4.39 Å². The molecule has 0 bridgehead atoms. The number of alkyl halides is 1. The molecule has 0 aromatic carbocycles. The number of likely N-dealkylation sites (tertiary alicyclic amines) is 1. The van der Waals surface area contributed by atoms with Crippen LogP contribution in [-0.4, -0.2) is 37.3 Å². The van der Waals surface area contributed by atoms with Gasteiger partial charge in [0.2, 0.25) is 0 Å². The Morgan fingerprint density at radius 1 is 1.55 bits per heavy atom. The molecule has 1 fully saturated rings. The van der Waals surface area contributed by atoms with Crippen molar-refractivity contribution in [3.05, 3.63) is 0 Å². The van der Waals surface area contributed by atoms with Gasteiger partial charge in [-0.25, -0.2) is 4.39 Å². The third kappa shape index (κ3) is 3.16. The van der Waals surface area contributed by atoms with E-state index in [0.29, 0.717) is 13.0 Å². The first-order chi connectivity index (χ1) is 5.16. The Balaban J connectivity index is 0.000000461. The van der Waals surface area contributed by atoms with Crippen LogP contribution in [0.15, 0.2) is 0 Å². The van der Waals surface area contributed by atoms with E-state index in [1.807, 2.05) is 25.8 Å². The van der Waals surface area contributed by atoms with Crippen molar-refractivity contribution < 1.29 is 4.39 Å². The zero-order valence-electron chi connectivity index (χ0n) is 7.73. The molecule has 1 saturated heterocycles. The van der Waals surface area contributed by atoms with E-state index in [4.69, 9.17) is 5.73 Å². The Kier molecular flexibility index (Phi) is 4.61. The van der Waals surface area contributed by atoms with Crippen LogP contribution in [-0.2, 0) is 0 Å². The number of hydrogen-bond acceptors (Lipinski definition) is 2. The van der Waals surface area contributed by atoms with Crippen molar-refractivity contribution in [2.45, 2.75) is 25.9 Å². The highest BCUT2D eigenvalue weighted by atomic mass is 19.1. The fourth-order valence-electron chi connectivity index (χ4n) is 1.20. The second kappa shape index (κ2) is 4.67. The molecule has 68 valence electrons. The lowest BCUT2D eigenvalue weighted by atomic mass is 10.1. The minimum Gasteiger partial charge on any atom is -0.327 e. The standard InChI is InChI=1S/C6H13FN2.C2H6/c1-9-3-2-6(7,4-8)5-9;1-2/h2-5,8H2,1H3;1-2H3.